The Morgan fingerprint density at radius 3 is 2.67 bits per heavy atom. The van der Waals surface area contributed by atoms with Gasteiger partial charge in [-0.3, -0.25) is 0 Å². The van der Waals surface area contributed by atoms with Crippen molar-refractivity contribution >= 4 is 5.69 Å². The van der Waals surface area contributed by atoms with Crippen LogP contribution in [-0.2, 0) is 6.54 Å². The minimum Gasteiger partial charge on any atom is -0.495 e. The molecule has 0 unspecified atom stereocenters. The standard InChI is InChI=1S/C14H24N2O2/c1-4-15-11-12-6-7-13(14(10-12)18-3)16(5-2)8-9-17/h6-7,10,15,17H,4-5,8-9,11H2,1-3H3. The minimum atomic E-state index is 0.149. The lowest BCUT2D eigenvalue weighted by atomic mass is 10.1. The largest absolute Gasteiger partial charge is 0.495 e. The normalized spacial score (nSPS) is 10.4. The number of aliphatic hydroxyl groups is 1. The van der Waals surface area contributed by atoms with Crippen LogP contribution in [0.1, 0.15) is 19.4 Å². The number of nitrogens with one attached hydrogen (secondary N) is 1. The quantitative estimate of drug-likeness (QED) is 0.738. The Bertz CT molecular complexity index is 356. The summed E-state index contributed by atoms with van der Waals surface area (Å²) in [5.41, 5.74) is 2.24. The number of anilines is 1. The van der Waals surface area contributed by atoms with Crippen molar-refractivity contribution in [2.75, 3.05) is 38.3 Å². The van der Waals surface area contributed by atoms with E-state index in [4.69, 9.17) is 9.84 Å². The molecule has 0 atom stereocenters. The van der Waals surface area contributed by atoms with Crippen LogP contribution in [0.15, 0.2) is 18.2 Å². The van der Waals surface area contributed by atoms with Crippen molar-refractivity contribution in [3.8, 4) is 5.75 Å². The molecule has 0 saturated heterocycles. The lowest BCUT2D eigenvalue weighted by Crippen LogP contribution is -2.26. The zero-order valence-corrected chi connectivity index (χ0v) is 11.6. The Hall–Kier alpha value is -1.26. The molecule has 0 amide bonds. The van der Waals surface area contributed by atoms with E-state index in [1.165, 1.54) is 5.56 Å². The molecule has 102 valence electrons. The van der Waals surface area contributed by atoms with Gasteiger partial charge in [0.2, 0.25) is 0 Å². The molecule has 0 spiro atoms. The van der Waals surface area contributed by atoms with E-state index in [2.05, 4.69) is 42.3 Å². The average molecular weight is 252 g/mol. The first-order valence-electron chi connectivity index (χ1n) is 6.50. The summed E-state index contributed by atoms with van der Waals surface area (Å²) in [6.45, 7) is 7.58. The summed E-state index contributed by atoms with van der Waals surface area (Å²) < 4.78 is 5.44. The Kier molecular flexibility index (Phi) is 6.54. The van der Waals surface area contributed by atoms with Gasteiger partial charge in [0.25, 0.3) is 0 Å². The maximum Gasteiger partial charge on any atom is 0.142 e. The average Bonchev–Trinajstić information content (AvgIpc) is 2.42. The summed E-state index contributed by atoms with van der Waals surface area (Å²) in [6, 6.07) is 6.21. The summed E-state index contributed by atoms with van der Waals surface area (Å²) >= 11 is 0. The van der Waals surface area contributed by atoms with Gasteiger partial charge in [0, 0.05) is 19.6 Å². The van der Waals surface area contributed by atoms with Crippen molar-refractivity contribution in [2.45, 2.75) is 20.4 Å². The van der Waals surface area contributed by atoms with Gasteiger partial charge in [-0.05, 0) is 31.2 Å². The second-order valence-corrected chi connectivity index (χ2v) is 4.09. The molecule has 0 aliphatic rings. The smallest absolute Gasteiger partial charge is 0.142 e. The second-order valence-electron chi connectivity index (χ2n) is 4.09. The molecule has 0 saturated carbocycles. The molecule has 1 aromatic carbocycles. The van der Waals surface area contributed by atoms with E-state index in [0.717, 1.165) is 31.1 Å². The van der Waals surface area contributed by atoms with E-state index >= 15 is 0 Å². The van der Waals surface area contributed by atoms with Crippen LogP contribution in [0.5, 0.6) is 5.75 Å². The first-order valence-corrected chi connectivity index (χ1v) is 6.50. The molecule has 2 N–H and O–H groups in total. The van der Waals surface area contributed by atoms with E-state index in [0.29, 0.717) is 6.54 Å². The number of hydrogen-bond acceptors (Lipinski definition) is 4. The van der Waals surface area contributed by atoms with Crippen LogP contribution < -0.4 is 15.0 Å². The maximum absolute atomic E-state index is 9.07. The molecule has 4 nitrogen and oxygen atoms in total. The predicted octanol–water partition coefficient (Wildman–Crippen LogP) is 1.62. The summed E-state index contributed by atoms with van der Waals surface area (Å²) in [4.78, 5) is 2.11. The highest BCUT2D eigenvalue weighted by atomic mass is 16.5. The number of hydrogen-bond donors (Lipinski definition) is 2. The predicted molar refractivity (Wildman–Crippen MR) is 75.3 cm³/mol. The molecule has 0 aliphatic heterocycles. The molecule has 0 heterocycles. The SMILES string of the molecule is CCNCc1ccc(N(CC)CCO)c(OC)c1. The molecule has 0 bridgehead atoms. The van der Waals surface area contributed by atoms with E-state index < -0.39 is 0 Å². The van der Waals surface area contributed by atoms with Crippen molar-refractivity contribution in [3.05, 3.63) is 23.8 Å². The fourth-order valence-corrected chi connectivity index (χ4v) is 1.93. The lowest BCUT2D eigenvalue weighted by molar-refractivity contribution is 0.302. The van der Waals surface area contributed by atoms with E-state index in [-0.39, 0.29) is 6.61 Å². The van der Waals surface area contributed by atoms with Crippen LogP contribution in [0.4, 0.5) is 5.69 Å². The van der Waals surface area contributed by atoms with Crippen molar-refractivity contribution in [3.63, 3.8) is 0 Å². The summed E-state index contributed by atoms with van der Waals surface area (Å²) in [5, 5.41) is 12.4. The fourth-order valence-electron chi connectivity index (χ4n) is 1.93. The van der Waals surface area contributed by atoms with Crippen LogP contribution in [-0.4, -0.2) is 38.5 Å². The van der Waals surface area contributed by atoms with Gasteiger partial charge in [0.1, 0.15) is 5.75 Å². The molecule has 18 heavy (non-hydrogen) atoms. The molecule has 0 fully saturated rings. The molecular formula is C14H24N2O2. The summed E-state index contributed by atoms with van der Waals surface area (Å²) in [6.07, 6.45) is 0. The fraction of sp³-hybridized carbons (Fsp3) is 0.571. The molecule has 1 aromatic rings. The third-order valence-corrected chi connectivity index (χ3v) is 2.92. The van der Waals surface area contributed by atoms with Gasteiger partial charge in [-0.2, -0.15) is 0 Å². The highest BCUT2D eigenvalue weighted by Crippen LogP contribution is 2.29. The lowest BCUT2D eigenvalue weighted by Gasteiger charge is -2.24. The van der Waals surface area contributed by atoms with E-state index in [9.17, 15) is 0 Å². The van der Waals surface area contributed by atoms with E-state index in [1.807, 2.05) is 0 Å². The van der Waals surface area contributed by atoms with Crippen LogP contribution in [0.3, 0.4) is 0 Å². The monoisotopic (exact) mass is 252 g/mol. The van der Waals surface area contributed by atoms with Crippen LogP contribution in [0.2, 0.25) is 0 Å². The molecular weight excluding hydrogens is 228 g/mol. The minimum absolute atomic E-state index is 0.149. The second kappa shape index (κ2) is 7.95. The Balaban J connectivity index is 2.90. The Morgan fingerprint density at radius 2 is 2.11 bits per heavy atom. The molecule has 0 radical (unpaired) electrons. The molecule has 0 aromatic heterocycles. The first kappa shape index (κ1) is 14.8. The number of benzene rings is 1. The van der Waals surface area contributed by atoms with Gasteiger partial charge in [0.15, 0.2) is 0 Å². The molecule has 4 heteroatoms. The van der Waals surface area contributed by atoms with Crippen LogP contribution in [0.25, 0.3) is 0 Å². The van der Waals surface area contributed by atoms with E-state index in [1.54, 1.807) is 7.11 Å². The zero-order chi connectivity index (χ0) is 13.4. The molecule has 0 aliphatic carbocycles. The molecule has 1 rings (SSSR count). The number of rotatable bonds is 8. The van der Waals surface area contributed by atoms with Gasteiger partial charge in [-0.1, -0.05) is 13.0 Å². The Morgan fingerprint density at radius 1 is 1.33 bits per heavy atom. The summed E-state index contributed by atoms with van der Waals surface area (Å²) in [7, 11) is 1.68. The van der Waals surface area contributed by atoms with Gasteiger partial charge in [-0.25, -0.2) is 0 Å². The van der Waals surface area contributed by atoms with Crippen molar-refractivity contribution in [1.29, 1.82) is 0 Å². The number of ether oxygens (including phenoxy) is 1. The third-order valence-electron chi connectivity index (χ3n) is 2.92. The van der Waals surface area contributed by atoms with Gasteiger partial charge in [-0.15, -0.1) is 0 Å². The topological polar surface area (TPSA) is 44.7 Å². The number of methoxy groups -OCH3 is 1. The zero-order valence-electron chi connectivity index (χ0n) is 11.6. The van der Waals surface area contributed by atoms with Crippen molar-refractivity contribution in [2.24, 2.45) is 0 Å². The Labute approximate surface area is 110 Å². The highest BCUT2D eigenvalue weighted by molar-refractivity contribution is 5.59. The van der Waals surface area contributed by atoms with Crippen LogP contribution in [0, 0.1) is 0 Å². The number of likely N-dealkylation sites (N-methyl/N-ethyl adjacent to an activating group) is 1. The third kappa shape index (κ3) is 3.89. The van der Waals surface area contributed by atoms with Gasteiger partial charge >= 0.3 is 0 Å². The maximum atomic E-state index is 9.07. The highest BCUT2D eigenvalue weighted by Gasteiger charge is 2.10. The van der Waals surface area contributed by atoms with Crippen LogP contribution >= 0.6 is 0 Å². The first-order chi connectivity index (χ1) is 8.76. The number of nitrogens with zero attached hydrogens (tertiary/aromatic N) is 1. The summed E-state index contributed by atoms with van der Waals surface area (Å²) in [5.74, 6) is 0.862. The van der Waals surface area contributed by atoms with Crippen molar-refractivity contribution < 1.29 is 9.84 Å². The van der Waals surface area contributed by atoms with Crippen molar-refractivity contribution in [1.82, 2.24) is 5.32 Å². The van der Waals surface area contributed by atoms with Gasteiger partial charge in [0.05, 0.1) is 19.4 Å². The van der Waals surface area contributed by atoms with Gasteiger partial charge < -0.3 is 20.1 Å². The number of aliphatic hydroxyl groups excluding tert-OH is 1.